The maximum atomic E-state index is 11.6. The third kappa shape index (κ3) is 3.30. The summed E-state index contributed by atoms with van der Waals surface area (Å²) < 4.78 is 1.15. The van der Waals surface area contributed by atoms with Crippen LogP contribution in [0, 0.1) is 0 Å². The Morgan fingerprint density at radius 3 is 2.84 bits per heavy atom. The minimum Gasteiger partial charge on any atom is -0.480 e. The zero-order valence-corrected chi connectivity index (χ0v) is 10.9. The van der Waals surface area contributed by atoms with E-state index in [0.717, 1.165) is 15.6 Å². The number of rotatable bonds is 5. The second-order valence-electron chi connectivity index (χ2n) is 4.18. The largest absolute Gasteiger partial charge is 0.480 e. The van der Waals surface area contributed by atoms with Crippen molar-refractivity contribution in [3.63, 3.8) is 0 Å². The van der Waals surface area contributed by atoms with Crippen molar-refractivity contribution >= 4 is 33.3 Å². The van der Waals surface area contributed by atoms with Crippen molar-refractivity contribution in [2.75, 3.05) is 6.54 Å². The van der Waals surface area contributed by atoms with Gasteiger partial charge in [0.15, 0.2) is 0 Å². The predicted molar refractivity (Wildman–Crippen MR) is 74.1 cm³/mol. The first-order valence-corrected chi connectivity index (χ1v) is 6.66. The van der Waals surface area contributed by atoms with Crippen molar-refractivity contribution in [2.24, 2.45) is 5.73 Å². The molecule has 1 aromatic carbocycles. The van der Waals surface area contributed by atoms with Crippen molar-refractivity contribution < 1.29 is 14.7 Å². The molecular weight excluding hydrogens is 264 g/mol. The molecule has 4 N–H and O–H groups in total. The van der Waals surface area contributed by atoms with Gasteiger partial charge in [0, 0.05) is 4.70 Å². The van der Waals surface area contributed by atoms with E-state index in [1.807, 2.05) is 29.6 Å². The number of carboxylic acids is 1. The maximum Gasteiger partial charge on any atom is 0.322 e. The Hall–Kier alpha value is -1.92. The van der Waals surface area contributed by atoms with Crippen LogP contribution in [0.15, 0.2) is 29.6 Å². The van der Waals surface area contributed by atoms with Gasteiger partial charge in [-0.15, -0.1) is 11.3 Å². The molecule has 0 spiro atoms. The van der Waals surface area contributed by atoms with Gasteiger partial charge in [0.05, 0.1) is 6.04 Å². The van der Waals surface area contributed by atoms with E-state index in [2.05, 4.69) is 5.32 Å². The van der Waals surface area contributed by atoms with Crippen LogP contribution >= 0.6 is 11.3 Å². The van der Waals surface area contributed by atoms with E-state index in [-0.39, 0.29) is 0 Å². The Labute approximate surface area is 114 Å². The van der Waals surface area contributed by atoms with Crippen LogP contribution in [-0.4, -0.2) is 29.6 Å². The zero-order chi connectivity index (χ0) is 13.8. The molecule has 1 amide bonds. The second kappa shape index (κ2) is 5.81. The van der Waals surface area contributed by atoms with Gasteiger partial charge in [-0.3, -0.25) is 9.59 Å². The number of carbonyl (C=O) groups excluding carboxylic acids is 1. The fraction of sp³-hybridized carbons (Fsp3) is 0.231. The van der Waals surface area contributed by atoms with Crippen LogP contribution in [0.4, 0.5) is 0 Å². The van der Waals surface area contributed by atoms with Crippen molar-refractivity contribution in [2.45, 2.75) is 12.5 Å². The quantitative estimate of drug-likeness (QED) is 0.760. The summed E-state index contributed by atoms with van der Waals surface area (Å²) in [6.07, 6.45) is 0.398. The highest BCUT2D eigenvalue weighted by Crippen LogP contribution is 2.26. The van der Waals surface area contributed by atoms with Crippen LogP contribution in [0.3, 0.4) is 0 Å². The third-order valence-corrected chi connectivity index (χ3v) is 3.76. The summed E-state index contributed by atoms with van der Waals surface area (Å²) >= 11 is 1.60. The van der Waals surface area contributed by atoms with E-state index in [1.54, 1.807) is 11.3 Å². The Balaban J connectivity index is 2.04. The monoisotopic (exact) mass is 278 g/mol. The Morgan fingerprint density at radius 2 is 2.11 bits per heavy atom. The first-order chi connectivity index (χ1) is 9.08. The molecule has 1 atom stereocenters. The van der Waals surface area contributed by atoms with Crippen LogP contribution in [0.5, 0.6) is 0 Å². The molecule has 0 fully saturated rings. The second-order valence-corrected chi connectivity index (χ2v) is 5.09. The smallest absolute Gasteiger partial charge is 0.322 e. The molecule has 0 bridgehead atoms. The number of carboxylic acid groups (broad SMARTS) is 1. The van der Waals surface area contributed by atoms with E-state index >= 15 is 0 Å². The molecule has 0 aliphatic heterocycles. The topological polar surface area (TPSA) is 92.4 Å². The minimum atomic E-state index is -1.08. The number of thiophene rings is 1. The lowest BCUT2D eigenvalue weighted by atomic mass is 10.1. The van der Waals surface area contributed by atoms with Gasteiger partial charge in [-0.2, -0.15) is 0 Å². The number of hydrogen-bond donors (Lipinski definition) is 3. The lowest BCUT2D eigenvalue weighted by Crippen LogP contribution is -2.43. The molecule has 0 saturated heterocycles. The molecule has 0 saturated carbocycles. The molecule has 2 aromatic rings. The predicted octanol–water partition coefficient (Wildman–Crippen LogP) is 0.972. The molecule has 2 rings (SSSR count). The number of aliphatic carboxylic acids is 1. The normalized spacial score (nSPS) is 12.3. The van der Waals surface area contributed by atoms with E-state index in [9.17, 15) is 9.59 Å². The summed E-state index contributed by atoms with van der Waals surface area (Å²) in [5.74, 6) is -1.53. The lowest BCUT2D eigenvalue weighted by Gasteiger charge is -2.10. The maximum absolute atomic E-state index is 11.6. The third-order valence-electron chi connectivity index (χ3n) is 2.75. The van der Waals surface area contributed by atoms with Crippen molar-refractivity contribution in [3.8, 4) is 0 Å². The van der Waals surface area contributed by atoms with Gasteiger partial charge in [0.25, 0.3) is 0 Å². The van der Waals surface area contributed by atoms with Gasteiger partial charge in [-0.1, -0.05) is 18.2 Å². The van der Waals surface area contributed by atoms with Crippen molar-refractivity contribution in [1.29, 1.82) is 0 Å². The Kier molecular flexibility index (Phi) is 4.13. The van der Waals surface area contributed by atoms with Gasteiger partial charge in [-0.25, -0.2) is 0 Å². The number of benzene rings is 1. The van der Waals surface area contributed by atoms with Gasteiger partial charge >= 0.3 is 5.97 Å². The molecule has 1 aromatic heterocycles. The molecule has 100 valence electrons. The molecule has 1 heterocycles. The highest BCUT2D eigenvalue weighted by molar-refractivity contribution is 7.17. The lowest BCUT2D eigenvalue weighted by molar-refractivity contribution is -0.138. The molecule has 0 aliphatic rings. The minimum absolute atomic E-state index is 0.398. The number of nitrogens with two attached hydrogens (primary N) is 1. The SMILES string of the molecule is N[C@@H](Cc1csc2ccccc12)C(=O)NCC(=O)O. The Bertz CT molecular complexity index is 609. The van der Waals surface area contributed by atoms with E-state index < -0.39 is 24.5 Å². The summed E-state index contributed by atoms with van der Waals surface area (Å²) in [5, 5.41) is 13.8. The molecule has 0 radical (unpaired) electrons. The van der Waals surface area contributed by atoms with Gasteiger partial charge in [-0.05, 0) is 28.8 Å². The summed E-state index contributed by atoms with van der Waals surface area (Å²) in [6.45, 7) is -0.406. The summed E-state index contributed by atoms with van der Waals surface area (Å²) in [6, 6.07) is 7.16. The highest BCUT2D eigenvalue weighted by atomic mass is 32.1. The first-order valence-electron chi connectivity index (χ1n) is 5.78. The van der Waals surface area contributed by atoms with Crippen molar-refractivity contribution in [1.82, 2.24) is 5.32 Å². The summed E-state index contributed by atoms with van der Waals surface area (Å²) in [5.41, 5.74) is 6.80. The molecule has 19 heavy (non-hydrogen) atoms. The summed E-state index contributed by atoms with van der Waals surface area (Å²) in [4.78, 5) is 22.0. The fourth-order valence-electron chi connectivity index (χ4n) is 1.81. The Morgan fingerprint density at radius 1 is 1.37 bits per heavy atom. The highest BCUT2D eigenvalue weighted by Gasteiger charge is 2.16. The summed E-state index contributed by atoms with van der Waals surface area (Å²) in [7, 11) is 0. The number of hydrogen-bond acceptors (Lipinski definition) is 4. The molecule has 6 heteroatoms. The van der Waals surface area contributed by atoms with Crippen LogP contribution in [-0.2, 0) is 16.0 Å². The number of nitrogens with one attached hydrogen (secondary N) is 1. The standard InChI is InChI=1S/C13H14N2O3S/c14-10(13(18)15-6-12(16)17)5-8-7-19-11-4-2-1-3-9(8)11/h1-4,7,10H,5-6,14H2,(H,15,18)(H,16,17)/t10-/m0/s1. The number of fused-ring (bicyclic) bond motifs is 1. The fourth-order valence-corrected chi connectivity index (χ4v) is 2.79. The van der Waals surface area contributed by atoms with Crippen LogP contribution in [0.2, 0.25) is 0 Å². The van der Waals surface area contributed by atoms with E-state index in [0.29, 0.717) is 6.42 Å². The molecule has 0 aliphatic carbocycles. The van der Waals surface area contributed by atoms with Gasteiger partial charge in [0.2, 0.25) is 5.91 Å². The zero-order valence-electron chi connectivity index (χ0n) is 10.1. The van der Waals surface area contributed by atoms with Crippen LogP contribution < -0.4 is 11.1 Å². The molecule has 5 nitrogen and oxygen atoms in total. The average Bonchev–Trinajstić information content (AvgIpc) is 2.79. The van der Waals surface area contributed by atoms with E-state index in [4.69, 9.17) is 10.8 Å². The molecular formula is C13H14N2O3S. The van der Waals surface area contributed by atoms with Crippen LogP contribution in [0.1, 0.15) is 5.56 Å². The van der Waals surface area contributed by atoms with E-state index in [1.165, 1.54) is 0 Å². The van der Waals surface area contributed by atoms with Gasteiger partial charge in [0.1, 0.15) is 6.54 Å². The molecule has 0 unspecified atom stereocenters. The first kappa shape index (κ1) is 13.5. The number of carbonyl (C=O) groups is 2. The average molecular weight is 278 g/mol. The van der Waals surface area contributed by atoms with Crippen molar-refractivity contribution in [3.05, 3.63) is 35.2 Å². The van der Waals surface area contributed by atoms with Crippen LogP contribution in [0.25, 0.3) is 10.1 Å². The van der Waals surface area contributed by atoms with Gasteiger partial charge < -0.3 is 16.2 Å². The number of amides is 1.